The molecule has 11 rings (SSSR count). The molecule has 262 valence electrons. The van der Waals surface area contributed by atoms with Crippen LogP contribution >= 0.6 is 0 Å². The molecule has 1 aliphatic carbocycles. The monoisotopic (exact) mass is 712 g/mol. The molecule has 2 aliphatic rings. The Balaban J connectivity index is 1.11. The summed E-state index contributed by atoms with van der Waals surface area (Å²) in [5.74, 6) is 0. The molecule has 0 unspecified atom stereocenters. The van der Waals surface area contributed by atoms with E-state index in [1.807, 2.05) is 0 Å². The highest BCUT2D eigenvalue weighted by atomic mass is 15.2. The number of aromatic nitrogens is 1. The van der Waals surface area contributed by atoms with Crippen LogP contribution in [0.2, 0.25) is 0 Å². The second kappa shape index (κ2) is 12.9. The van der Waals surface area contributed by atoms with Gasteiger partial charge in [-0.15, -0.1) is 0 Å². The lowest BCUT2D eigenvalue weighted by Crippen LogP contribution is -2.36. The first-order chi connectivity index (χ1) is 27.8. The molecule has 2 heterocycles. The van der Waals surface area contributed by atoms with Crippen molar-refractivity contribution in [1.29, 1.82) is 0 Å². The Morgan fingerprint density at radius 2 is 0.768 bits per heavy atom. The molecule has 1 spiro atoms. The Morgan fingerprint density at radius 3 is 1.39 bits per heavy atom. The molecule has 0 fully saturated rings. The molecule has 1 aliphatic heterocycles. The molecule has 0 N–H and O–H groups in total. The van der Waals surface area contributed by atoms with Crippen LogP contribution in [0.25, 0.3) is 55.9 Å². The van der Waals surface area contributed by atoms with Gasteiger partial charge in [0.15, 0.2) is 0 Å². The molecule has 0 atom stereocenters. The number of hydrogen-bond acceptors (Lipinski definition) is 2. The largest absolute Gasteiger partial charge is 0.310 e. The predicted molar refractivity (Wildman–Crippen MR) is 232 cm³/mol. The summed E-state index contributed by atoms with van der Waals surface area (Å²) in [5.41, 5.74) is 19.7. The SMILES string of the molecule is c1ccc(-c2cc(-c3cccc(-c4ccc5c(c4)C4(c6ccccc6-5)c5ccccc5N(c5ccccc5)c5ccccc54)c3)cc(-c3ccccc3)n2)cc1. The zero-order valence-corrected chi connectivity index (χ0v) is 30.7. The number of nitrogens with zero attached hydrogens (tertiary/aromatic N) is 2. The van der Waals surface area contributed by atoms with Crippen molar-refractivity contribution in [3.05, 3.63) is 241 Å². The zero-order chi connectivity index (χ0) is 37.1. The quantitative estimate of drug-likeness (QED) is 0.177. The van der Waals surface area contributed by atoms with E-state index in [9.17, 15) is 0 Å². The van der Waals surface area contributed by atoms with E-state index in [-0.39, 0.29) is 0 Å². The van der Waals surface area contributed by atoms with E-state index >= 15 is 0 Å². The summed E-state index contributed by atoms with van der Waals surface area (Å²) in [5, 5.41) is 0. The normalized spacial score (nSPS) is 13.1. The van der Waals surface area contributed by atoms with Gasteiger partial charge in [-0.1, -0.05) is 170 Å². The number of rotatable bonds is 5. The van der Waals surface area contributed by atoms with Crippen LogP contribution < -0.4 is 4.90 Å². The second-order valence-corrected chi connectivity index (χ2v) is 14.7. The van der Waals surface area contributed by atoms with Crippen LogP contribution in [0.3, 0.4) is 0 Å². The van der Waals surface area contributed by atoms with E-state index in [1.165, 1.54) is 55.9 Å². The zero-order valence-electron chi connectivity index (χ0n) is 30.7. The van der Waals surface area contributed by atoms with Gasteiger partial charge in [0.05, 0.1) is 28.2 Å². The molecule has 9 aromatic rings. The molecule has 1 aromatic heterocycles. The van der Waals surface area contributed by atoms with Crippen molar-refractivity contribution >= 4 is 17.1 Å². The lowest BCUT2D eigenvalue weighted by Gasteiger charge is -2.45. The average molecular weight is 713 g/mol. The standard InChI is InChI=1S/C54H36N2/c1-4-17-37(18-5-1)50-35-42(36-51(55-50)38-19-6-2-7-20-38)40-22-16-21-39(33-40)41-31-32-45-44-25-10-11-26-46(44)54(49(45)34-41)47-27-12-14-29-52(47)56(43-23-8-3-9-24-43)53-30-15-13-28-48(53)54/h1-36H. The minimum absolute atomic E-state index is 0.502. The number of benzene rings is 8. The summed E-state index contributed by atoms with van der Waals surface area (Å²) in [7, 11) is 0. The predicted octanol–water partition coefficient (Wildman–Crippen LogP) is 13.9. The molecular weight excluding hydrogens is 677 g/mol. The van der Waals surface area contributed by atoms with Crippen molar-refractivity contribution in [1.82, 2.24) is 4.98 Å². The van der Waals surface area contributed by atoms with Gasteiger partial charge >= 0.3 is 0 Å². The fraction of sp³-hybridized carbons (Fsp3) is 0.0185. The first-order valence-corrected chi connectivity index (χ1v) is 19.3. The Hall–Kier alpha value is -7.29. The van der Waals surface area contributed by atoms with Gasteiger partial charge in [-0.3, -0.25) is 0 Å². The minimum Gasteiger partial charge on any atom is -0.310 e. The smallest absolute Gasteiger partial charge is 0.0754 e. The van der Waals surface area contributed by atoms with Crippen molar-refractivity contribution in [3.8, 4) is 55.9 Å². The van der Waals surface area contributed by atoms with Crippen molar-refractivity contribution in [2.75, 3.05) is 4.90 Å². The van der Waals surface area contributed by atoms with Crippen LogP contribution in [0.15, 0.2) is 218 Å². The van der Waals surface area contributed by atoms with E-state index in [0.717, 1.165) is 39.3 Å². The molecule has 0 saturated heterocycles. The van der Waals surface area contributed by atoms with E-state index in [0.29, 0.717) is 0 Å². The summed E-state index contributed by atoms with van der Waals surface area (Å²) < 4.78 is 0. The molecule has 8 aromatic carbocycles. The number of fused-ring (bicyclic) bond motifs is 9. The average Bonchev–Trinajstić information content (AvgIpc) is 3.57. The first kappa shape index (κ1) is 32.2. The van der Waals surface area contributed by atoms with Gasteiger partial charge in [0.2, 0.25) is 0 Å². The van der Waals surface area contributed by atoms with Crippen LogP contribution in [-0.4, -0.2) is 4.98 Å². The van der Waals surface area contributed by atoms with Gasteiger partial charge in [-0.2, -0.15) is 0 Å². The van der Waals surface area contributed by atoms with Crippen molar-refractivity contribution < 1.29 is 0 Å². The van der Waals surface area contributed by atoms with Crippen LogP contribution in [0.5, 0.6) is 0 Å². The molecule has 0 radical (unpaired) electrons. The molecule has 0 bridgehead atoms. The van der Waals surface area contributed by atoms with E-state index in [2.05, 4.69) is 223 Å². The number of hydrogen-bond donors (Lipinski definition) is 0. The first-order valence-electron chi connectivity index (χ1n) is 19.3. The summed E-state index contributed by atoms with van der Waals surface area (Å²) in [6.45, 7) is 0. The van der Waals surface area contributed by atoms with Crippen molar-refractivity contribution in [3.63, 3.8) is 0 Å². The highest BCUT2D eigenvalue weighted by Gasteiger charge is 2.51. The second-order valence-electron chi connectivity index (χ2n) is 14.7. The van der Waals surface area contributed by atoms with Gasteiger partial charge in [-0.05, 0) is 104 Å². The summed E-state index contributed by atoms with van der Waals surface area (Å²) >= 11 is 0. The van der Waals surface area contributed by atoms with Gasteiger partial charge in [0.1, 0.15) is 0 Å². The van der Waals surface area contributed by atoms with Gasteiger partial charge in [-0.25, -0.2) is 4.98 Å². The summed E-state index contributed by atoms with van der Waals surface area (Å²) in [6.07, 6.45) is 0. The van der Waals surface area contributed by atoms with Gasteiger partial charge < -0.3 is 4.90 Å². The molecule has 56 heavy (non-hydrogen) atoms. The molecule has 0 saturated carbocycles. The van der Waals surface area contributed by atoms with Crippen LogP contribution in [0.1, 0.15) is 22.3 Å². The summed E-state index contributed by atoms with van der Waals surface area (Å²) in [4.78, 5) is 7.58. The van der Waals surface area contributed by atoms with Crippen LogP contribution in [-0.2, 0) is 5.41 Å². The number of anilines is 3. The Morgan fingerprint density at radius 1 is 0.304 bits per heavy atom. The Bertz CT molecular complexity index is 2810. The number of pyridine rings is 1. The third kappa shape index (κ3) is 4.93. The maximum absolute atomic E-state index is 5.15. The molecule has 0 amide bonds. The lowest BCUT2D eigenvalue weighted by molar-refractivity contribution is 0.753. The topological polar surface area (TPSA) is 16.1 Å². The molecule has 2 nitrogen and oxygen atoms in total. The minimum atomic E-state index is -0.502. The molecule has 2 heteroatoms. The van der Waals surface area contributed by atoms with E-state index < -0.39 is 5.41 Å². The maximum atomic E-state index is 5.15. The highest BCUT2D eigenvalue weighted by Crippen LogP contribution is 2.63. The summed E-state index contributed by atoms with van der Waals surface area (Å²) in [6, 6.07) is 79.3. The molecular formula is C54H36N2. The lowest BCUT2D eigenvalue weighted by atomic mass is 9.64. The fourth-order valence-electron chi connectivity index (χ4n) is 9.23. The van der Waals surface area contributed by atoms with E-state index in [1.54, 1.807) is 0 Å². The number of para-hydroxylation sites is 3. The highest BCUT2D eigenvalue weighted by molar-refractivity contribution is 5.96. The van der Waals surface area contributed by atoms with Gasteiger partial charge in [0.25, 0.3) is 0 Å². The fourth-order valence-corrected chi connectivity index (χ4v) is 9.23. The third-order valence-corrected chi connectivity index (χ3v) is 11.7. The van der Waals surface area contributed by atoms with Crippen molar-refractivity contribution in [2.45, 2.75) is 5.41 Å². The van der Waals surface area contributed by atoms with E-state index in [4.69, 9.17) is 4.98 Å². The third-order valence-electron chi connectivity index (χ3n) is 11.7. The van der Waals surface area contributed by atoms with Crippen LogP contribution in [0, 0.1) is 0 Å². The van der Waals surface area contributed by atoms with Gasteiger partial charge in [0, 0.05) is 16.8 Å². The van der Waals surface area contributed by atoms with Crippen molar-refractivity contribution in [2.24, 2.45) is 0 Å². The Kier molecular flexibility index (Phi) is 7.43. The maximum Gasteiger partial charge on any atom is 0.0754 e. The Labute approximate surface area is 327 Å². The van der Waals surface area contributed by atoms with Crippen LogP contribution in [0.4, 0.5) is 17.1 Å².